The van der Waals surface area contributed by atoms with Gasteiger partial charge in [-0.05, 0) is 17.7 Å². The summed E-state index contributed by atoms with van der Waals surface area (Å²) in [6.07, 6.45) is 4.54. The Bertz CT molecular complexity index is 494. The van der Waals surface area contributed by atoms with Crippen LogP contribution in [-0.4, -0.2) is 14.7 Å². The molecule has 1 N–H and O–H groups in total. The van der Waals surface area contributed by atoms with E-state index in [2.05, 4.69) is 11.9 Å². The fraction of sp³-hybridized carbons (Fsp3) is 0.250. The van der Waals surface area contributed by atoms with Crippen LogP contribution in [-0.2, 0) is 13.0 Å². The number of aliphatic hydroxyl groups excluding tert-OH is 1. The van der Waals surface area contributed by atoms with Crippen LogP contribution in [0, 0.1) is 0 Å². The van der Waals surface area contributed by atoms with Gasteiger partial charge in [-0.1, -0.05) is 24.6 Å². The summed E-state index contributed by atoms with van der Waals surface area (Å²) in [5.41, 5.74) is 1.71. The predicted octanol–water partition coefficient (Wildman–Crippen LogP) is 2.58. The summed E-state index contributed by atoms with van der Waals surface area (Å²) < 4.78 is 1.99. The Hall–Kier alpha value is -1.32. The zero-order valence-corrected chi connectivity index (χ0v) is 9.78. The molecule has 0 amide bonds. The maximum Gasteiger partial charge on any atom is 0.112 e. The maximum atomic E-state index is 9.04. The Morgan fingerprint density at radius 1 is 1.44 bits per heavy atom. The molecule has 2 aromatic rings. The number of aromatic nitrogens is 2. The summed E-state index contributed by atoms with van der Waals surface area (Å²) in [7, 11) is 0. The van der Waals surface area contributed by atoms with Gasteiger partial charge in [-0.15, -0.1) is 0 Å². The van der Waals surface area contributed by atoms with Crippen molar-refractivity contribution >= 4 is 11.6 Å². The van der Waals surface area contributed by atoms with Crippen molar-refractivity contribution in [2.24, 2.45) is 0 Å². The summed E-state index contributed by atoms with van der Waals surface area (Å²) in [6.45, 7) is 2.02. The van der Waals surface area contributed by atoms with Gasteiger partial charge in [0.1, 0.15) is 5.82 Å². The highest BCUT2D eigenvalue weighted by atomic mass is 35.5. The molecule has 1 heterocycles. The Kier molecular flexibility index (Phi) is 3.27. The van der Waals surface area contributed by atoms with E-state index in [1.807, 2.05) is 29.0 Å². The molecule has 84 valence electrons. The molecule has 0 aliphatic heterocycles. The first-order valence-corrected chi connectivity index (χ1v) is 5.56. The second kappa shape index (κ2) is 4.68. The number of hydrogen-bond acceptors (Lipinski definition) is 2. The second-order valence-corrected chi connectivity index (χ2v) is 3.91. The van der Waals surface area contributed by atoms with Crippen LogP contribution < -0.4 is 0 Å². The maximum absolute atomic E-state index is 9.04. The summed E-state index contributed by atoms with van der Waals surface area (Å²) in [5.74, 6) is 0.993. The van der Waals surface area contributed by atoms with E-state index in [1.165, 1.54) is 0 Å². The molecule has 0 unspecified atom stereocenters. The Morgan fingerprint density at radius 2 is 2.25 bits per heavy atom. The minimum atomic E-state index is -0.0380. The van der Waals surface area contributed by atoms with E-state index in [0.29, 0.717) is 5.02 Å². The lowest BCUT2D eigenvalue weighted by Crippen LogP contribution is -1.99. The second-order valence-electron chi connectivity index (χ2n) is 3.50. The number of nitrogens with zero attached hydrogens (tertiary/aromatic N) is 2. The zero-order chi connectivity index (χ0) is 11.5. The van der Waals surface area contributed by atoms with Crippen molar-refractivity contribution in [2.75, 3.05) is 0 Å². The number of rotatable bonds is 3. The van der Waals surface area contributed by atoms with Crippen LogP contribution in [0.3, 0.4) is 0 Å². The molecular weight excluding hydrogens is 224 g/mol. The summed E-state index contributed by atoms with van der Waals surface area (Å²) >= 11 is 6.05. The SMILES string of the molecule is CCc1nccn1-c1ccc(CO)c(Cl)c1. The number of aliphatic hydroxyl groups is 1. The van der Waals surface area contributed by atoms with E-state index in [1.54, 1.807) is 6.20 Å². The molecule has 0 radical (unpaired) electrons. The Balaban J connectivity index is 2.45. The number of halogens is 1. The van der Waals surface area contributed by atoms with Crippen molar-refractivity contribution in [1.82, 2.24) is 9.55 Å². The van der Waals surface area contributed by atoms with Gasteiger partial charge in [0.15, 0.2) is 0 Å². The third kappa shape index (κ3) is 1.96. The molecule has 0 saturated heterocycles. The van der Waals surface area contributed by atoms with Crippen molar-refractivity contribution in [1.29, 1.82) is 0 Å². The molecule has 0 saturated carbocycles. The third-order valence-electron chi connectivity index (χ3n) is 2.52. The predicted molar refractivity (Wildman–Crippen MR) is 63.9 cm³/mol. The standard InChI is InChI=1S/C12H13ClN2O/c1-2-12-14-5-6-15(12)10-4-3-9(8-16)11(13)7-10/h3-7,16H,2,8H2,1H3. The van der Waals surface area contributed by atoms with E-state index in [9.17, 15) is 0 Å². The van der Waals surface area contributed by atoms with Gasteiger partial charge in [0.25, 0.3) is 0 Å². The third-order valence-corrected chi connectivity index (χ3v) is 2.87. The van der Waals surface area contributed by atoms with Crippen LogP contribution in [0.15, 0.2) is 30.6 Å². The fourth-order valence-electron chi connectivity index (χ4n) is 1.65. The average molecular weight is 237 g/mol. The summed E-state index contributed by atoms with van der Waals surface area (Å²) in [5, 5.41) is 9.62. The highest BCUT2D eigenvalue weighted by Gasteiger charge is 2.05. The highest BCUT2D eigenvalue weighted by Crippen LogP contribution is 2.21. The Morgan fingerprint density at radius 3 is 2.88 bits per heavy atom. The normalized spacial score (nSPS) is 10.7. The van der Waals surface area contributed by atoms with Crippen molar-refractivity contribution in [3.8, 4) is 5.69 Å². The number of imidazole rings is 1. The lowest BCUT2D eigenvalue weighted by atomic mass is 10.2. The van der Waals surface area contributed by atoms with Gasteiger partial charge in [0.2, 0.25) is 0 Å². The van der Waals surface area contributed by atoms with E-state index < -0.39 is 0 Å². The van der Waals surface area contributed by atoms with Crippen molar-refractivity contribution < 1.29 is 5.11 Å². The molecule has 2 rings (SSSR count). The molecule has 4 heteroatoms. The molecule has 0 atom stereocenters. The number of benzene rings is 1. The van der Waals surface area contributed by atoms with Gasteiger partial charge in [0, 0.05) is 29.5 Å². The molecule has 0 aliphatic carbocycles. The first-order valence-electron chi connectivity index (χ1n) is 5.18. The monoisotopic (exact) mass is 236 g/mol. The average Bonchev–Trinajstić information content (AvgIpc) is 2.77. The molecule has 0 fully saturated rings. The van der Waals surface area contributed by atoms with Crippen molar-refractivity contribution in [3.05, 3.63) is 47.0 Å². The van der Waals surface area contributed by atoms with E-state index in [4.69, 9.17) is 16.7 Å². The minimum Gasteiger partial charge on any atom is -0.392 e. The number of aryl methyl sites for hydroxylation is 1. The molecule has 16 heavy (non-hydrogen) atoms. The lowest BCUT2D eigenvalue weighted by molar-refractivity contribution is 0.282. The van der Waals surface area contributed by atoms with Gasteiger partial charge < -0.3 is 9.67 Å². The molecule has 1 aromatic heterocycles. The fourth-order valence-corrected chi connectivity index (χ4v) is 1.88. The molecular formula is C12H13ClN2O. The van der Waals surface area contributed by atoms with Gasteiger partial charge in [0.05, 0.1) is 6.61 Å². The van der Waals surface area contributed by atoms with E-state index in [-0.39, 0.29) is 6.61 Å². The minimum absolute atomic E-state index is 0.0380. The van der Waals surface area contributed by atoms with Crippen LogP contribution in [0.4, 0.5) is 0 Å². The first kappa shape index (κ1) is 11.2. The molecule has 0 bridgehead atoms. The topological polar surface area (TPSA) is 38.0 Å². The van der Waals surface area contributed by atoms with Crippen molar-refractivity contribution in [2.45, 2.75) is 20.0 Å². The largest absolute Gasteiger partial charge is 0.392 e. The molecule has 0 spiro atoms. The zero-order valence-electron chi connectivity index (χ0n) is 9.02. The molecule has 0 aliphatic rings. The molecule has 1 aromatic carbocycles. The van der Waals surface area contributed by atoms with Crippen LogP contribution in [0.25, 0.3) is 5.69 Å². The molecule has 3 nitrogen and oxygen atoms in total. The van der Waals surface area contributed by atoms with Crippen LogP contribution >= 0.6 is 11.6 Å². The van der Waals surface area contributed by atoms with Crippen LogP contribution in [0.1, 0.15) is 18.3 Å². The van der Waals surface area contributed by atoms with E-state index in [0.717, 1.165) is 23.5 Å². The highest BCUT2D eigenvalue weighted by molar-refractivity contribution is 6.31. The smallest absolute Gasteiger partial charge is 0.112 e. The quantitative estimate of drug-likeness (QED) is 0.890. The van der Waals surface area contributed by atoms with E-state index >= 15 is 0 Å². The lowest BCUT2D eigenvalue weighted by Gasteiger charge is -2.08. The van der Waals surface area contributed by atoms with Crippen LogP contribution in [0.2, 0.25) is 5.02 Å². The van der Waals surface area contributed by atoms with Gasteiger partial charge in [-0.2, -0.15) is 0 Å². The first-order chi connectivity index (χ1) is 7.76. The van der Waals surface area contributed by atoms with Gasteiger partial charge >= 0.3 is 0 Å². The van der Waals surface area contributed by atoms with Crippen LogP contribution in [0.5, 0.6) is 0 Å². The number of hydrogen-bond donors (Lipinski definition) is 1. The summed E-state index contributed by atoms with van der Waals surface area (Å²) in [6, 6.07) is 5.60. The van der Waals surface area contributed by atoms with Crippen molar-refractivity contribution in [3.63, 3.8) is 0 Å². The van der Waals surface area contributed by atoms with Gasteiger partial charge in [-0.3, -0.25) is 0 Å². The summed E-state index contributed by atoms with van der Waals surface area (Å²) in [4.78, 5) is 4.25. The van der Waals surface area contributed by atoms with Gasteiger partial charge in [-0.25, -0.2) is 4.98 Å². The Labute approximate surface area is 99.3 Å².